The standard InChI is InChI=1S/C15H23FN2O3/c1-9(2)5-10(8-17)18-15(19)11-6-13(20-3)14(21-4)7-12(11)16/h6-7,9-10H,5,8,17H2,1-4H3,(H,18,19). The van der Waals surface area contributed by atoms with Gasteiger partial charge in [-0.05, 0) is 18.4 Å². The molecule has 0 saturated heterocycles. The third kappa shape index (κ3) is 4.60. The molecule has 0 saturated carbocycles. The van der Waals surface area contributed by atoms with E-state index in [9.17, 15) is 9.18 Å². The lowest BCUT2D eigenvalue weighted by atomic mass is 10.0. The Labute approximate surface area is 124 Å². The lowest BCUT2D eigenvalue weighted by Crippen LogP contribution is -2.41. The van der Waals surface area contributed by atoms with E-state index in [0.717, 1.165) is 12.5 Å². The molecule has 0 aliphatic heterocycles. The highest BCUT2D eigenvalue weighted by Gasteiger charge is 2.19. The fraction of sp³-hybridized carbons (Fsp3) is 0.533. The monoisotopic (exact) mass is 298 g/mol. The number of methoxy groups -OCH3 is 2. The van der Waals surface area contributed by atoms with E-state index >= 15 is 0 Å². The van der Waals surface area contributed by atoms with Crippen molar-refractivity contribution in [1.82, 2.24) is 5.32 Å². The molecule has 118 valence electrons. The molecule has 0 fully saturated rings. The number of ether oxygens (including phenoxy) is 2. The van der Waals surface area contributed by atoms with Crippen molar-refractivity contribution in [3.05, 3.63) is 23.5 Å². The molecule has 0 aliphatic carbocycles. The molecule has 21 heavy (non-hydrogen) atoms. The van der Waals surface area contributed by atoms with Gasteiger partial charge in [0.2, 0.25) is 0 Å². The zero-order valence-corrected chi connectivity index (χ0v) is 12.9. The van der Waals surface area contributed by atoms with Crippen LogP contribution in [0.25, 0.3) is 0 Å². The summed E-state index contributed by atoms with van der Waals surface area (Å²) in [5.74, 6) is -0.245. The van der Waals surface area contributed by atoms with Crippen molar-refractivity contribution in [1.29, 1.82) is 0 Å². The second-order valence-electron chi connectivity index (χ2n) is 5.22. The third-order valence-electron chi connectivity index (χ3n) is 3.09. The van der Waals surface area contributed by atoms with Crippen LogP contribution in [0.15, 0.2) is 12.1 Å². The fourth-order valence-electron chi connectivity index (χ4n) is 2.07. The third-order valence-corrected chi connectivity index (χ3v) is 3.09. The predicted octanol–water partition coefficient (Wildman–Crippen LogP) is 1.95. The van der Waals surface area contributed by atoms with Crippen LogP contribution >= 0.6 is 0 Å². The zero-order valence-electron chi connectivity index (χ0n) is 12.9. The Morgan fingerprint density at radius 3 is 2.33 bits per heavy atom. The number of hydrogen-bond donors (Lipinski definition) is 2. The van der Waals surface area contributed by atoms with E-state index in [0.29, 0.717) is 18.2 Å². The summed E-state index contributed by atoms with van der Waals surface area (Å²) in [5, 5.41) is 2.74. The maximum atomic E-state index is 14.0. The van der Waals surface area contributed by atoms with Gasteiger partial charge in [-0.2, -0.15) is 0 Å². The second kappa shape index (κ2) is 7.83. The maximum Gasteiger partial charge on any atom is 0.254 e. The Kier molecular flexibility index (Phi) is 6.42. The fourth-order valence-corrected chi connectivity index (χ4v) is 2.07. The average molecular weight is 298 g/mol. The predicted molar refractivity (Wildman–Crippen MR) is 79.3 cm³/mol. The highest BCUT2D eigenvalue weighted by molar-refractivity contribution is 5.95. The van der Waals surface area contributed by atoms with Crippen LogP contribution in [0.4, 0.5) is 4.39 Å². The van der Waals surface area contributed by atoms with Gasteiger partial charge in [0, 0.05) is 18.7 Å². The molecule has 1 aromatic rings. The van der Waals surface area contributed by atoms with Crippen molar-refractivity contribution in [3.8, 4) is 11.5 Å². The van der Waals surface area contributed by atoms with E-state index in [-0.39, 0.29) is 17.4 Å². The zero-order chi connectivity index (χ0) is 16.0. The number of carbonyl (C=O) groups is 1. The summed E-state index contributed by atoms with van der Waals surface area (Å²) in [7, 11) is 2.84. The Morgan fingerprint density at radius 2 is 1.86 bits per heavy atom. The van der Waals surface area contributed by atoms with Crippen molar-refractivity contribution < 1.29 is 18.7 Å². The molecule has 0 spiro atoms. The number of hydrogen-bond acceptors (Lipinski definition) is 4. The molecule has 0 bridgehead atoms. The molecule has 5 nitrogen and oxygen atoms in total. The van der Waals surface area contributed by atoms with Crippen LogP contribution in [0, 0.1) is 11.7 Å². The largest absolute Gasteiger partial charge is 0.493 e. The van der Waals surface area contributed by atoms with Gasteiger partial charge in [-0.25, -0.2) is 4.39 Å². The SMILES string of the molecule is COc1cc(F)c(C(=O)NC(CN)CC(C)C)cc1OC. The van der Waals surface area contributed by atoms with Crippen molar-refractivity contribution in [2.45, 2.75) is 26.3 Å². The Balaban J connectivity index is 2.96. The molecule has 0 aliphatic rings. The molecular formula is C15H23FN2O3. The minimum absolute atomic E-state index is 0.0881. The molecule has 1 unspecified atom stereocenters. The lowest BCUT2D eigenvalue weighted by molar-refractivity contribution is 0.0929. The number of halogens is 1. The number of nitrogens with two attached hydrogens (primary N) is 1. The van der Waals surface area contributed by atoms with E-state index in [1.807, 2.05) is 13.8 Å². The quantitative estimate of drug-likeness (QED) is 0.807. The summed E-state index contributed by atoms with van der Waals surface area (Å²) in [6.07, 6.45) is 0.733. The number of benzene rings is 1. The molecule has 1 atom stereocenters. The van der Waals surface area contributed by atoms with E-state index in [1.54, 1.807) is 0 Å². The highest BCUT2D eigenvalue weighted by atomic mass is 19.1. The Bertz CT molecular complexity index is 492. The Morgan fingerprint density at radius 1 is 1.29 bits per heavy atom. The smallest absolute Gasteiger partial charge is 0.254 e. The summed E-state index contributed by atoms with van der Waals surface area (Å²) in [6.45, 7) is 4.37. The van der Waals surface area contributed by atoms with Crippen molar-refractivity contribution in [2.24, 2.45) is 11.7 Å². The van der Waals surface area contributed by atoms with Gasteiger partial charge in [0.1, 0.15) is 5.82 Å². The van der Waals surface area contributed by atoms with Gasteiger partial charge in [0.15, 0.2) is 11.5 Å². The molecule has 1 rings (SSSR count). The molecule has 0 aromatic heterocycles. The Hall–Kier alpha value is -1.82. The number of nitrogens with one attached hydrogen (secondary N) is 1. The van der Waals surface area contributed by atoms with Crippen LogP contribution in [0.3, 0.4) is 0 Å². The molecule has 3 N–H and O–H groups in total. The molecular weight excluding hydrogens is 275 g/mol. The molecule has 0 heterocycles. The first-order chi connectivity index (χ1) is 9.92. The lowest BCUT2D eigenvalue weighted by Gasteiger charge is -2.19. The summed E-state index contributed by atoms with van der Waals surface area (Å²) < 4.78 is 24.1. The molecule has 1 amide bonds. The molecule has 1 aromatic carbocycles. The van der Waals surface area contributed by atoms with Gasteiger partial charge in [0.25, 0.3) is 5.91 Å². The van der Waals surface area contributed by atoms with E-state index in [4.69, 9.17) is 15.2 Å². The van der Waals surface area contributed by atoms with Crippen molar-refractivity contribution in [3.63, 3.8) is 0 Å². The van der Waals surface area contributed by atoms with Gasteiger partial charge in [-0.1, -0.05) is 13.8 Å². The van der Waals surface area contributed by atoms with Crippen LogP contribution in [-0.4, -0.2) is 32.7 Å². The van der Waals surface area contributed by atoms with Crippen molar-refractivity contribution >= 4 is 5.91 Å². The van der Waals surface area contributed by atoms with Crippen LogP contribution in [0.5, 0.6) is 11.5 Å². The van der Waals surface area contributed by atoms with Gasteiger partial charge in [-0.15, -0.1) is 0 Å². The first-order valence-electron chi connectivity index (χ1n) is 6.85. The van der Waals surface area contributed by atoms with E-state index in [1.165, 1.54) is 20.3 Å². The first kappa shape index (κ1) is 17.2. The first-order valence-corrected chi connectivity index (χ1v) is 6.85. The molecule has 0 radical (unpaired) electrons. The van der Waals surface area contributed by atoms with Crippen LogP contribution in [-0.2, 0) is 0 Å². The van der Waals surface area contributed by atoms with Gasteiger partial charge >= 0.3 is 0 Å². The summed E-state index contributed by atoms with van der Waals surface area (Å²) in [5.41, 5.74) is 5.55. The summed E-state index contributed by atoms with van der Waals surface area (Å²) >= 11 is 0. The van der Waals surface area contributed by atoms with Gasteiger partial charge in [-0.3, -0.25) is 4.79 Å². The normalized spacial score (nSPS) is 12.1. The van der Waals surface area contributed by atoms with Gasteiger partial charge < -0.3 is 20.5 Å². The van der Waals surface area contributed by atoms with Crippen LogP contribution in [0.1, 0.15) is 30.6 Å². The number of amides is 1. The molecule has 6 heteroatoms. The topological polar surface area (TPSA) is 73.6 Å². The summed E-state index contributed by atoms with van der Waals surface area (Å²) in [4.78, 5) is 12.2. The summed E-state index contributed by atoms with van der Waals surface area (Å²) in [6, 6.07) is 2.27. The average Bonchev–Trinajstić information content (AvgIpc) is 2.45. The van der Waals surface area contributed by atoms with E-state index in [2.05, 4.69) is 5.32 Å². The van der Waals surface area contributed by atoms with Crippen LogP contribution in [0.2, 0.25) is 0 Å². The highest BCUT2D eigenvalue weighted by Crippen LogP contribution is 2.29. The maximum absolute atomic E-state index is 14.0. The van der Waals surface area contributed by atoms with Gasteiger partial charge in [0.05, 0.1) is 19.8 Å². The minimum Gasteiger partial charge on any atom is -0.493 e. The van der Waals surface area contributed by atoms with Crippen molar-refractivity contribution in [2.75, 3.05) is 20.8 Å². The van der Waals surface area contributed by atoms with Crippen LogP contribution < -0.4 is 20.5 Å². The van der Waals surface area contributed by atoms with E-state index < -0.39 is 11.7 Å². The second-order valence-corrected chi connectivity index (χ2v) is 5.22. The minimum atomic E-state index is -0.662. The number of carbonyl (C=O) groups excluding carboxylic acids is 1. The number of rotatable bonds is 7.